The van der Waals surface area contributed by atoms with E-state index in [1.54, 1.807) is 25.6 Å². The van der Waals surface area contributed by atoms with Crippen LogP contribution in [0.4, 0.5) is 4.39 Å². The Morgan fingerprint density at radius 2 is 1.90 bits per heavy atom. The molecular weight excluding hydrogens is 397 g/mol. The maximum atomic E-state index is 14.3. The van der Waals surface area contributed by atoms with Crippen LogP contribution in [-0.4, -0.2) is 29.8 Å². The van der Waals surface area contributed by atoms with Crippen molar-refractivity contribution in [3.05, 3.63) is 53.6 Å². The number of carboxylic acid groups (broad SMARTS) is 1. The molecule has 2 aliphatic carbocycles. The van der Waals surface area contributed by atoms with Gasteiger partial charge in [0.1, 0.15) is 17.3 Å². The minimum Gasteiger partial charge on any atom is -0.497 e. The van der Waals surface area contributed by atoms with Gasteiger partial charge in [0.2, 0.25) is 0 Å². The van der Waals surface area contributed by atoms with Crippen molar-refractivity contribution in [2.45, 2.75) is 56.8 Å². The molecule has 31 heavy (non-hydrogen) atoms. The maximum Gasteiger partial charge on any atom is 0.303 e. The lowest BCUT2D eigenvalue weighted by Crippen LogP contribution is -2.20. The van der Waals surface area contributed by atoms with Crippen LogP contribution in [0.15, 0.2) is 36.7 Å². The largest absolute Gasteiger partial charge is 0.497 e. The minimum atomic E-state index is -0.771. The van der Waals surface area contributed by atoms with E-state index < -0.39 is 5.97 Å². The second-order valence-corrected chi connectivity index (χ2v) is 8.91. The first-order chi connectivity index (χ1) is 15.0. The van der Waals surface area contributed by atoms with Gasteiger partial charge in [0.25, 0.3) is 0 Å². The van der Waals surface area contributed by atoms with Gasteiger partial charge >= 0.3 is 5.97 Å². The summed E-state index contributed by atoms with van der Waals surface area (Å²) in [6.07, 6.45) is 9.60. The molecule has 0 radical (unpaired) electrons. The predicted molar refractivity (Wildman–Crippen MR) is 115 cm³/mol. The molecule has 0 saturated heterocycles. The number of ether oxygens (including phenoxy) is 2. The van der Waals surface area contributed by atoms with Gasteiger partial charge in [-0.15, -0.1) is 0 Å². The third-order valence-corrected chi connectivity index (χ3v) is 6.72. The normalized spacial score (nSPS) is 22.0. The molecule has 0 amide bonds. The van der Waals surface area contributed by atoms with Crippen molar-refractivity contribution in [3.8, 4) is 11.5 Å². The number of pyridine rings is 1. The van der Waals surface area contributed by atoms with E-state index in [1.807, 2.05) is 12.1 Å². The number of nitrogens with zero attached hydrogens (tertiary/aromatic N) is 1. The van der Waals surface area contributed by atoms with Gasteiger partial charge in [-0.1, -0.05) is 0 Å². The van der Waals surface area contributed by atoms with Gasteiger partial charge in [-0.25, -0.2) is 4.39 Å². The van der Waals surface area contributed by atoms with Crippen LogP contribution in [0, 0.1) is 17.7 Å². The van der Waals surface area contributed by atoms with Gasteiger partial charge < -0.3 is 14.6 Å². The fourth-order valence-electron chi connectivity index (χ4n) is 4.78. The van der Waals surface area contributed by atoms with Gasteiger partial charge in [-0.2, -0.15) is 0 Å². The Kier molecular flexibility index (Phi) is 6.73. The standard InChI is InChI=1S/C25H30FNO4/c1-30-20-8-9-24(26)23(11-20)18-4-2-16(3-5-18)15-31-21-10-19(13-27-14-21)22(12-25(28)29)17-6-7-17/h8-11,13-14,16-18,22H,2-7,12,15H2,1H3,(H,28,29)/t16-,18-,22-/m0/s1. The van der Waals surface area contributed by atoms with Crippen LogP contribution in [0.25, 0.3) is 0 Å². The first-order valence-corrected chi connectivity index (χ1v) is 11.2. The number of rotatable bonds is 9. The van der Waals surface area contributed by atoms with Crippen LogP contribution in [0.3, 0.4) is 0 Å². The van der Waals surface area contributed by atoms with E-state index in [1.165, 1.54) is 6.07 Å². The summed E-state index contributed by atoms with van der Waals surface area (Å²) in [5, 5.41) is 9.23. The highest BCUT2D eigenvalue weighted by atomic mass is 19.1. The van der Waals surface area contributed by atoms with Crippen molar-refractivity contribution < 1.29 is 23.8 Å². The predicted octanol–water partition coefficient (Wildman–Crippen LogP) is 5.55. The summed E-state index contributed by atoms with van der Waals surface area (Å²) >= 11 is 0. The third-order valence-electron chi connectivity index (χ3n) is 6.72. The molecular formula is C25H30FNO4. The number of carbonyl (C=O) groups is 1. The van der Waals surface area contributed by atoms with E-state index >= 15 is 0 Å². The third kappa shape index (κ3) is 5.54. The van der Waals surface area contributed by atoms with E-state index in [-0.39, 0.29) is 24.1 Å². The summed E-state index contributed by atoms with van der Waals surface area (Å²) in [6.45, 7) is 0.603. The Bertz CT molecular complexity index is 906. The molecule has 2 saturated carbocycles. The number of aromatic nitrogens is 1. The molecule has 0 spiro atoms. The summed E-state index contributed by atoms with van der Waals surface area (Å²) in [4.78, 5) is 15.5. The van der Waals surface area contributed by atoms with Crippen molar-refractivity contribution in [3.63, 3.8) is 0 Å². The molecule has 1 atom stereocenters. The van der Waals surface area contributed by atoms with Gasteiger partial charge in [0.15, 0.2) is 0 Å². The number of methoxy groups -OCH3 is 1. The molecule has 0 unspecified atom stereocenters. The molecule has 2 fully saturated rings. The molecule has 1 N–H and O–H groups in total. The van der Waals surface area contributed by atoms with Crippen molar-refractivity contribution in [2.75, 3.05) is 13.7 Å². The number of benzene rings is 1. The molecule has 0 aliphatic heterocycles. The van der Waals surface area contributed by atoms with E-state index in [9.17, 15) is 14.3 Å². The smallest absolute Gasteiger partial charge is 0.303 e. The molecule has 0 bridgehead atoms. The molecule has 166 valence electrons. The number of carboxylic acids is 1. The van der Waals surface area contributed by atoms with E-state index in [2.05, 4.69) is 4.98 Å². The molecule has 1 aromatic carbocycles. The van der Waals surface area contributed by atoms with Gasteiger partial charge in [0.05, 0.1) is 26.3 Å². The number of aliphatic carboxylic acids is 1. The first kappa shape index (κ1) is 21.6. The Balaban J connectivity index is 1.31. The van der Waals surface area contributed by atoms with Crippen molar-refractivity contribution in [1.82, 2.24) is 4.98 Å². The average Bonchev–Trinajstić information content (AvgIpc) is 3.62. The highest BCUT2D eigenvalue weighted by Crippen LogP contribution is 2.45. The quantitative estimate of drug-likeness (QED) is 0.568. The SMILES string of the molecule is COc1ccc(F)c([C@H]2CC[C@H](COc3cncc([C@@H](CC(=O)O)C4CC4)c3)CC2)c1. The monoisotopic (exact) mass is 427 g/mol. The van der Waals surface area contributed by atoms with Gasteiger partial charge in [-0.05, 0) is 97.6 Å². The van der Waals surface area contributed by atoms with Crippen LogP contribution in [0.1, 0.15) is 67.9 Å². The second-order valence-electron chi connectivity index (χ2n) is 8.91. The Morgan fingerprint density at radius 1 is 1.13 bits per heavy atom. The zero-order chi connectivity index (χ0) is 21.8. The Morgan fingerprint density at radius 3 is 2.58 bits per heavy atom. The van der Waals surface area contributed by atoms with Crippen LogP contribution in [-0.2, 0) is 4.79 Å². The van der Waals surface area contributed by atoms with Crippen LogP contribution in [0.2, 0.25) is 0 Å². The highest BCUT2D eigenvalue weighted by molar-refractivity contribution is 5.68. The summed E-state index contributed by atoms with van der Waals surface area (Å²) in [5.41, 5.74) is 1.71. The molecule has 2 aliphatic rings. The zero-order valence-corrected chi connectivity index (χ0v) is 17.9. The molecule has 6 heteroatoms. The van der Waals surface area contributed by atoms with E-state index in [4.69, 9.17) is 9.47 Å². The molecule has 1 aromatic heterocycles. The number of hydrogen-bond donors (Lipinski definition) is 1. The van der Waals surface area contributed by atoms with Crippen molar-refractivity contribution >= 4 is 5.97 Å². The average molecular weight is 428 g/mol. The van der Waals surface area contributed by atoms with E-state index in [0.29, 0.717) is 29.9 Å². The lowest BCUT2D eigenvalue weighted by atomic mass is 9.79. The first-order valence-electron chi connectivity index (χ1n) is 11.2. The van der Waals surface area contributed by atoms with Crippen LogP contribution >= 0.6 is 0 Å². The van der Waals surface area contributed by atoms with Gasteiger partial charge in [0, 0.05) is 6.20 Å². The summed E-state index contributed by atoms with van der Waals surface area (Å²) in [6, 6.07) is 6.92. The maximum absolute atomic E-state index is 14.3. The molecule has 5 nitrogen and oxygen atoms in total. The van der Waals surface area contributed by atoms with Gasteiger partial charge in [-0.3, -0.25) is 9.78 Å². The van der Waals surface area contributed by atoms with Crippen molar-refractivity contribution in [2.24, 2.45) is 11.8 Å². The topological polar surface area (TPSA) is 68.7 Å². The number of halogens is 1. The molecule has 2 aromatic rings. The molecule has 1 heterocycles. The minimum absolute atomic E-state index is 0.0155. The highest BCUT2D eigenvalue weighted by Gasteiger charge is 2.34. The lowest BCUT2D eigenvalue weighted by Gasteiger charge is -2.29. The second kappa shape index (κ2) is 9.67. The fraction of sp³-hybridized carbons (Fsp3) is 0.520. The zero-order valence-electron chi connectivity index (χ0n) is 17.9. The summed E-state index contributed by atoms with van der Waals surface area (Å²) < 4.78 is 25.6. The molecule has 4 rings (SSSR count). The fourth-order valence-corrected chi connectivity index (χ4v) is 4.78. The summed E-state index contributed by atoms with van der Waals surface area (Å²) in [7, 11) is 1.60. The lowest BCUT2D eigenvalue weighted by molar-refractivity contribution is -0.137. The number of hydrogen-bond acceptors (Lipinski definition) is 4. The van der Waals surface area contributed by atoms with Crippen LogP contribution < -0.4 is 9.47 Å². The van der Waals surface area contributed by atoms with Crippen molar-refractivity contribution in [1.29, 1.82) is 0 Å². The Labute approximate surface area is 182 Å². The summed E-state index contributed by atoms with van der Waals surface area (Å²) in [5.74, 6) is 1.57. The Hall–Kier alpha value is -2.63. The van der Waals surface area contributed by atoms with Crippen LogP contribution in [0.5, 0.6) is 11.5 Å². The van der Waals surface area contributed by atoms with E-state index in [0.717, 1.165) is 49.7 Å².